The van der Waals surface area contributed by atoms with Gasteiger partial charge in [-0.05, 0) is 53.8 Å². The van der Waals surface area contributed by atoms with Crippen LogP contribution in [0.2, 0.25) is 0 Å². The van der Waals surface area contributed by atoms with E-state index in [9.17, 15) is 5.11 Å². The summed E-state index contributed by atoms with van der Waals surface area (Å²) in [5.41, 5.74) is -0.191. The zero-order valence-corrected chi connectivity index (χ0v) is 14.3. The molecule has 20 heavy (non-hydrogen) atoms. The quantitative estimate of drug-likeness (QED) is 0.709. The van der Waals surface area contributed by atoms with Gasteiger partial charge in [-0.3, -0.25) is 0 Å². The van der Waals surface area contributed by atoms with Crippen LogP contribution in [0.4, 0.5) is 0 Å². The van der Waals surface area contributed by atoms with Crippen LogP contribution in [0.3, 0.4) is 0 Å². The molecule has 0 aromatic rings. The van der Waals surface area contributed by atoms with E-state index in [2.05, 4.69) is 56.9 Å². The van der Waals surface area contributed by atoms with E-state index in [-0.39, 0.29) is 12.1 Å². The molecule has 1 rings (SSSR count). The van der Waals surface area contributed by atoms with Crippen molar-refractivity contribution in [1.29, 1.82) is 0 Å². The number of rotatable bonds is 8. The molecule has 1 aliphatic heterocycles. The van der Waals surface area contributed by atoms with Gasteiger partial charge in [0.1, 0.15) is 0 Å². The lowest BCUT2D eigenvalue weighted by atomic mass is 9.92. The van der Waals surface area contributed by atoms with E-state index in [1.54, 1.807) is 0 Å². The summed E-state index contributed by atoms with van der Waals surface area (Å²) in [6.07, 6.45) is 3.61. The van der Waals surface area contributed by atoms with Crippen molar-refractivity contribution in [2.45, 2.75) is 70.6 Å². The Kier molecular flexibility index (Phi) is 6.92. The monoisotopic (exact) mass is 285 g/mol. The lowest BCUT2D eigenvalue weighted by molar-refractivity contribution is 0.108. The first-order valence-corrected chi connectivity index (χ1v) is 8.06. The molecule has 2 N–H and O–H groups in total. The molecule has 0 radical (unpaired) electrons. The standard InChI is InChI=1S/C16H35N3O/c1-13(2)17-16(4,12-20)10-14(3)19(6)11-15-8-7-9-18(15)5/h13-15,17,20H,7-12H2,1-6H3. The molecule has 0 aliphatic carbocycles. The average Bonchev–Trinajstić information content (AvgIpc) is 2.73. The van der Waals surface area contributed by atoms with Gasteiger partial charge in [-0.15, -0.1) is 0 Å². The van der Waals surface area contributed by atoms with Crippen LogP contribution in [-0.2, 0) is 0 Å². The Bertz CT molecular complexity index is 285. The van der Waals surface area contributed by atoms with E-state index in [1.807, 2.05) is 0 Å². The lowest BCUT2D eigenvalue weighted by Crippen LogP contribution is -2.53. The van der Waals surface area contributed by atoms with Crippen LogP contribution < -0.4 is 5.32 Å². The van der Waals surface area contributed by atoms with Gasteiger partial charge in [0.15, 0.2) is 0 Å². The van der Waals surface area contributed by atoms with Crippen LogP contribution in [0.25, 0.3) is 0 Å². The van der Waals surface area contributed by atoms with Crippen molar-refractivity contribution in [2.24, 2.45) is 0 Å². The van der Waals surface area contributed by atoms with Gasteiger partial charge in [-0.1, -0.05) is 13.8 Å². The Balaban J connectivity index is 2.48. The van der Waals surface area contributed by atoms with E-state index in [0.717, 1.165) is 13.0 Å². The van der Waals surface area contributed by atoms with Crippen LogP contribution in [0, 0.1) is 0 Å². The molecule has 4 heteroatoms. The SMILES string of the molecule is CC(C)NC(C)(CO)CC(C)N(C)CC1CCCN1C. The predicted molar refractivity (Wildman–Crippen MR) is 86.1 cm³/mol. The number of hydrogen-bond donors (Lipinski definition) is 2. The molecule has 4 nitrogen and oxygen atoms in total. The van der Waals surface area contributed by atoms with Gasteiger partial charge in [0.25, 0.3) is 0 Å². The minimum Gasteiger partial charge on any atom is -0.394 e. The van der Waals surface area contributed by atoms with Crippen LogP contribution >= 0.6 is 0 Å². The second-order valence-electron chi connectivity index (χ2n) is 7.29. The van der Waals surface area contributed by atoms with Crippen molar-refractivity contribution < 1.29 is 5.11 Å². The van der Waals surface area contributed by atoms with E-state index in [4.69, 9.17) is 0 Å². The number of likely N-dealkylation sites (N-methyl/N-ethyl adjacent to an activating group) is 2. The Morgan fingerprint density at radius 2 is 2.05 bits per heavy atom. The molecular weight excluding hydrogens is 250 g/mol. The highest BCUT2D eigenvalue weighted by molar-refractivity contribution is 4.89. The smallest absolute Gasteiger partial charge is 0.0611 e. The third kappa shape index (κ3) is 5.32. The second kappa shape index (κ2) is 7.74. The summed E-state index contributed by atoms with van der Waals surface area (Å²) in [4.78, 5) is 4.92. The minimum absolute atomic E-state index is 0.187. The van der Waals surface area contributed by atoms with Crippen molar-refractivity contribution in [2.75, 3.05) is 33.8 Å². The van der Waals surface area contributed by atoms with Gasteiger partial charge in [0.05, 0.1) is 6.61 Å². The minimum atomic E-state index is -0.191. The Hall–Kier alpha value is -0.160. The number of hydrogen-bond acceptors (Lipinski definition) is 4. The fourth-order valence-corrected chi connectivity index (χ4v) is 3.40. The number of nitrogens with one attached hydrogen (secondary N) is 1. The van der Waals surface area contributed by atoms with Crippen molar-refractivity contribution >= 4 is 0 Å². The predicted octanol–water partition coefficient (Wildman–Crippen LogP) is 1.54. The maximum atomic E-state index is 9.70. The Morgan fingerprint density at radius 3 is 2.50 bits per heavy atom. The van der Waals surface area contributed by atoms with Crippen LogP contribution in [0.1, 0.15) is 47.0 Å². The molecule has 0 bridgehead atoms. The maximum Gasteiger partial charge on any atom is 0.0611 e. The van der Waals surface area contributed by atoms with Gasteiger partial charge in [-0.2, -0.15) is 0 Å². The summed E-state index contributed by atoms with van der Waals surface area (Å²) >= 11 is 0. The van der Waals surface area contributed by atoms with Crippen molar-refractivity contribution in [1.82, 2.24) is 15.1 Å². The Morgan fingerprint density at radius 1 is 1.40 bits per heavy atom. The van der Waals surface area contributed by atoms with Crippen LogP contribution in [-0.4, -0.2) is 72.4 Å². The first-order chi connectivity index (χ1) is 9.27. The zero-order valence-electron chi connectivity index (χ0n) is 14.3. The molecule has 0 aromatic carbocycles. The molecule has 3 unspecified atom stereocenters. The summed E-state index contributed by atoms with van der Waals surface area (Å²) < 4.78 is 0. The molecule has 1 aliphatic rings. The molecule has 1 saturated heterocycles. The van der Waals surface area contributed by atoms with Crippen molar-refractivity contribution in [3.8, 4) is 0 Å². The number of nitrogens with zero attached hydrogens (tertiary/aromatic N) is 2. The zero-order chi connectivity index (χ0) is 15.3. The highest BCUT2D eigenvalue weighted by Crippen LogP contribution is 2.20. The third-order valence-electron chi connectivity index (χ3n) is 4.65. The summed E-state index contributed by atoms with van der Waals surface area (Å²) in [6.45, 7) is 11.2. The summed E-state index contributed by atoms with van der Waals surface area (Å²) in [5, 5.41) is 13.2. The normalized spacial score (nSPS) is 25.4. The molecular formula is C16H35N3O. The third-order valence-corrected chi connectivity index (χ3v) is 4.65. The van der Waals surface area contributed by atoms with E-state index >= 15 is 0 Å². The lowest BCUT2D eigenvalue weighted by Gasteiger charge is -2.38. The average molecular weight is 285 g/mol. The largest absolute Gasteiger partial charge is 0.394 e. The molecule has 0 aromatic heterocycles. The van der Waals surface area contributed by atoms with Gasteiger partial charge >= 0.3 is 0 Å². The molecule has 120 valence electrons. The highest BCUT2D eigenvalue weighted by atomic mass is 16.3. The molecule has 0 saturated carbocycles. The van der Waals surface area contributed by atoms with E-state index in [1.165, 1.54) is 19.4 Å². The Labute approximate surface area is 125 Å². The molecule has 0 spiro atoms. The van der Waals surface area contributed by atoms with Gasteiger partial charge in [0.2, 0.25) is 0 Å². The van der Waals surface area contributed by atoms with Gasteiger partial charge < -0.3 is 20.2 Å². The summed E-state index contributed by atoms with van der Waals surface area (Å²) in [6, 6.07) is 1.55. The summed E-state index contributed by atoms with van der Waals surface area (Å²) in [5.74, 6) is 0. The number of aliphatic hydroxyl groups is 1. The number of likely N-dealkylation sites (tertiary alicyclic amines) is 1. The van der Waals surface area contributed by atoms with Gasteiger partial charge in [0, 0.05) is 30.2 Å². The topological polar surface area (TPSA) is 38.7 Å². The first-order valence-electron chi connectivity index (χ1n) is 8.06. The molecule has 0 amide bonds. The highest BCUT2D eigenvalue weighted by Gasteiger charge is 2.29. The van der Waals surface area contributed by atoms with E-state index in [0.29, 0.717) is 18.1 Å². The van der Waals surface area contributed by atoms with Crippen LogP contribution in [0.5, 0.6) is 0 Å². The summed E-state index contributed by atoms with van der Waals surface area (Å²) in [7, 11) is 4.44. The fraction of sp³-hybridized carbons (Fsp3) is 1.00. The molecule has 1 heterocycles. The van der Waals surface area contributed by atoms with Crippen LogP contribution in [0.15, 0.2) is 0 Å². The molecule has 3 atom stereocenters. The van der Waals surface area contributed by atoms with Gasteiger partial charge in [-0.25, -0.2) is 0 Å². The molecule has 1 fully saturated rings. The van der Waals surface area contributed by atoms with Crippen molar-refractivity contribution in [3.05, 3.63) is 0 Å². The fourth-order valence-electron chi connectivity index (χ4n) is 3.40. The first kappa shape index (κ1) is 17.9. The van der Waals surface area contributed by atoms with Crippen molar-refractivity contribution in [3.63, 3.8) is 0 Å². The van der Waals surface area contributed by atoms with E-state index < -0.39 is 0 Å². The maximum absolute atomic E-state index is 9.70. The number of aliphatic hydroxyl groups excluding tert-OH is 1. The second-order valence-corrected chi connectivity index (χ2v) is 7.29.